The fourth-order valence-corrected chi connectivity index (χ4v) is 1.94. The van der Waals surface area contributed by atoms with E-state index in [0.29, 0.717) is 37.6 Å². The molecule has 1 aromatic rings. The summed E-state index contributed by atoms with van der Waals surface area (Å²) in [7, 11) is 4.79. The minimum absolute atomic E-state index is 0.0456. The van der Waals surface area contributed by atoms with Crippen LogP contribution in [0.5, 0.6) is 17.2 Å². The lowest BCUT2D eigenvalue weighted by molar-refractivity contribution is -0.120. The molecular weight excluding hydrogens is 272 g/mol. The van der Waals surface area contributed by atoms with Gasteiger partial charge in [-0.2, -0.15) is 0 Å². The van der Waals surface area contributed by atoms with Crippen molar-refractivity contribution >= 4 is 5.91 Å². The van der Waals surface area contributed by atoms with Gasteiger partial charge >= 0.3 is 0 Å². The van der Waals surface area contributed by atoms with Crippen molar-refractivity contribution in [2.45, 2.75) is 19.9 Å². The van der Waals surface area contributed by atoms with Gasteiger partial charge in [-0.3, -0.25) is 4.79 Å². The summed E-state index contributed by atoms with van der Waals surface area (Å²) >= 11 is 0. The van der Waals surface area contributed by atoms with Gasteiger partial charge in [-0.25, -0.2) is 0 Å². The summed E-state index contributed by atoms with van der Waals surface area (Å²) in [5, 5.41) is 5.98. The molecule has 1 aromatic carbocycles. The second-order valence-electron chi connectivity index (χ2n) is 4.40. The third kappa shape index (κ3) is 5.15. The second-order valence-corrected chi connectivity index (χ2v) is 4.40. The highest BCUT2D eigenvalue weighted by Gasteiger charge is 2.11. The smallest absolute Gasteiger partial charge is 0.221 e. The molecule has 0 saturated heterocycles. The van der Waals surface area contributed by atoms with Crippen molar-refractivity contribution < 1.29 is 19.0 Å². The number of carbonyl (C=O) groups excluding carboxylic acids is 1. The van der Waals surface area contributed by atoms with E-state index < -0.39 is 0 Å². The lowest BCUT2D eigenvalue weighted by atomic mass is 10.1. The second kappa shape index (κ2) is 9.07. The molecule has 0 aromatic heterocycles. The van der Waals surface area contributed by atoms with Crippen LogP contribution in [0, 0.1) is 0 Å². The number of carbonyl (C=O) groups is 1. The fraction of sp³-hybridized carbons (Fsp3) is 0.533. The standard InChI is InChI=1S/C15H24N2O4/c1-5-17-15(18)6-7-16-10-11-8-13(20-3)14(21-4)9-12(11)19-2/h8-9,16H,5-7,10H2,1-4H3,(H,17,18). The highest BCUT2D eigenvalue weighted by atomic mass is 16.5. The van der Waals surface area contributed by atoms with E-state index in [0.717, 1.165) is 11.3 Å². The van der Waals surface area contributed by atoms with Crippen LogP contribution in [0.2, 0.25) is 0 Å². The Kier molecular flexibility index (Phi) is 7.39. The van der Waals surface area contributed by atoms with Gasteiger partial charge < -0.3 is 24.8 Å². The molecule has 0 saturated carbocycles. The molecule has 0 fully saturated rings. The van der Waals surface area contributed by atoms with Crippen molar-refractivity contribution in [1.29, 1.82) is 0 Å². The van der Waals surface area contributed by atoms with E-state index in [9.17, 15) is 4.79 Å². The van der Waals surface area contributed by atoms with E-state index in [4.69, 9.17) is 14.2 Å². The molecule has 0 aliphatic rings. The predicted molar refractivity (Wildman–Crippen MR) is 81.1 cm³/mol. The molecule has 0 spiro atoms. The van der Waals surface area contributed by atoms with Gasteiger partial charge in [0, 0.05) is 37.7 Å². The Morgan fingerprint density at radius 1 is 1.05 bits per heavy atom. The summed E-state index contributed by atoms with van der Waals surface area (Å²) in [5.41, 5.74) is 0.950. The Morgan fingerprint density at radius 3 is 2.24 bits per heavy atom. The van der Waals surface area contributed by atoms with Crippen LogP contribution in [0.3, 0.4) is 0 Å². The number of amides is 1. The maximum Gasteiger partial charge on any atom is 0.221 e. The molecule has 0 unspecified atom stereocenters. The Balaban J connectivity index is 2.63. The predicted octanol–water partition coefficient (Wildman–Crippen LogP) is 1.33. The molecule has 21 heavy (non-hydrogen) atoms. The normalized spacial score (nSPS) is 10.1. The Hall–Kier alpha value is -1.95. The van der Waals surface area contributed by atoms with Gasteiger partial charge in [0.15, 0.2) is 11.5 Å². The minimum atomic E-state index is 0.0456. The largest absolute Gasteiger partial charge is 0.496 e. The molecule has 6 nitrogen and oxygen atoms in total. The zero-order chi connectivity index (χ0) is 15.7. The minimum Gasteiger partial charge on any atom is -0.496 e. The van der Waals surface area contributed by atoms with Gasteiger partial charge in [-0.05, 0) is 13.0 Å². The molecule has 0 aliphatic heterocycles. The fourth-order valence-electron chi connectivity index (χ4n) is 1.94. The highest BCUT2D eigenvalue weighted by molar-refractivity contribution is 5.75. The SMILES string of the molecule is CCNC(=O)CCNCc1cc(OC)c(OC)cc1OC. The van der Waals surface area contributed by atoms with Crippen LogP contribution in [0.15, 0.2) is 12.1 Å². The van der Waals surface area contributed by atoms with Gasteiger partial charge in [0.2, 0.25) is 5.91 Å². The van der Waals surface area contributed by atoms with Gasteiger partial charge in [0.1, 0.15) is 5.75 Å². The van der Waals surface area contributed by atoms with Gasteiger partial charge in [0.25, 0.3) is 0 Å². The van der Waals surface area contributed by atoms with E-state index in [2.05, 4.69) is 10.6 Å². The van der Waals surface area contributed by atoms with Crippen molar-refractivity contribution in [2.75, 3.05) is 34.4 Å². The van der Waals surface area contributed by atoms with E-state index in [1.807, 2.05) is 13.0 Å². The van der Waals surface area contributed by atoms with E-state index >= 15 is 0 Å². The van der Waals surface area contributed by atoms with Crippen molar-refractivity contribution in [3.8, 4) is 17.2 Å². The van der Waals surface area contributed by atoms with Crippen LogP contribution in [0.25, 0.3) is 0 Å². The van der Waals surface area contributed by atoms with Gasteiger partial charge in [0.05, 0.1) is 21.3 Å². The molecule has 118 valence electrons. The molecule has 1 amide bonds. The van der Waals surface area contributed by atoms with Crippen LogP contribution < -0.4 is 24.8 Å². The van der Waals surface area contributed by atoms with Crippen LogP contribution in [-0.4, -0.2) is 40.3 Å². The van der Waals surface area contributed by atoms with E-state index in [-0.39, 0.29) is 5.91 Å². The third-order valence-corrected chi connectivity index (χ3v) is 3.00. The lowest BCUT2D eigenvalue weighted by Gasteiger charge is -2.14. The topological polar surface area (TPSA) is 68.8 Å². The Morgan fingerprint density at radius 2 is 1.67 bits per heavy atom. The number of methoxy groups -OCH3 is 3. The summed E-state index contributed by atoms with van der Waals surface area (Å²) in [6, 6.07) is 3.66. The molecule has 0 aliphatic carbocycles. The number of rotatable bonds is 9. The molecule has 0 bridgehead atoms. The van der Waals surface area contributed by atoms with Crippen LogP contribution in [0.4, 0.5) is 0 Å². The monoisotopic (exact) mass is 296 g/mol. The first kappa shape index (κ1) is 17.1. The van der Waals surface area contributed by atoms with Crippen LogP contribution in [-0.2, 0) is 11.3 Å². The summed E-state index contributed by atoms with van der Waals surface area (Å²) in [6.45, 7) is 3.74. The number of hydrogen-bond donors (Lipinski definition) is 2. The van der Waals surface area contributed by atoms with E-state index in [1.165, 1.54) is 0 Å². The Labute approximate surface area is 125 Å². The van der Waals surface area contributed by atoms with E-state index in [1.54, 1.807) is 27.4 Å². The number of benzene rings is 1. The molecule has 0 radical (unpaired) electrons. The molecule has 2 N–H and O–H groups in total. The molecule has 1 rings (SSSR count). The maximum absolute atomic E-state index is 11.3. The Bertz CT molecular complexity index is 463. The third-order valence-electron chi connectivity index (χ3n) is 3.00. The van der Waals surface area contributed by atoms with Crippen LogP contribution >= 0.6 is 0 Å². The first-order chi connectivity index (χ1) is 10.2. The van der Waals surface area contributed by atoms with Crippen molar-refractivity contribution in [2.24, 2.45) is 0 Å². The van der Waals surface area contributed by atoms with Crippen LogP contribution in [0.1, 0.15) is 18.9 Å². The number of hydrogen-bond acceptors (Lipinski definition) is 5. The molecule has 0 heterocycles. The lowest BCUT2D eigenvalue weighted by Crippen LogP contribution is -2.27. The van der Waals surface area contributed by atoms with Gasteiger partial charge in [-0.15, -0.1) is 0 Å². The first-order valence-electron chi connectivity index (χ1n) is 6.92. The summed E-state index contributed by atoms with van der Waals surface area (Å²) in [6.07, 6.45) is 0.448. The van der Waals surface area contributed by atoms with Gasteiger partial charge in [-0.1, -0.05) is 0 Å². The van der Waals surface area contributed by atoms with Crippen molar-refractivity contribution in [3.63, 3.8) is 0 Å². The van der Waals surface area contributed by atoms with Crippen molar-refractivity contribution in [1.82, 2.24) is 10.6 Å². The zero-order valence-corrected chi connectivity index (χ0v) is 13.1. The summed E-state index contributed by atoms with van der Waals surface area (Å²) in [5.74, 6) is 2.04. The van der Waals surface area contributed by atoms with Crippen molar-refractivity contribution in [3.05, 3.63) is 17.7 Å². The molecule has 6 heteroatoms. The maximum atomic E-state index is 11.3. The zero-order valence-electron chi connectivity index (χ0n) is 13.1. The summed E-state index contributed by atoms with van der Waals surface area (Å²) < 4.78 is 15.9. The number of nitrogens with one attached hydrogen (secondary N) is 2. The molecule has 0 atom stereocenters. The first-order valence-corrected chi connectivity index (χ1v) is 6.92. The average molecular weight is 296 g/mol. The average Bonchev–Trinajstić information content (AvgIpc) is 2.51. The quantitative estimate of drug-likeness (QED) is 0.673. The molecular formula is C15H24N2O4. The summed E-state index contributed by atoms with van der Waals surface area (Å²) in [4.78, 5) is 11.3. The number of ether oxygens (including phenoxy) is 3. The highest BCUT2D eigenvalue weighted by Crippen LogP contribution is 2.34.